The summed E-state index contributed by atoms with van der Waals surface area (Å²) in [4.78, 5) is 17.0. The number of carbonyl (C=O) groups is 1. The van der Waals surface area contributed by atoms with Crippen LogP contribution in [-0.4, -0.2) is 42.2 Å². The van der Waals surface area contributed by atoms with Crippen LogP contribution in [0.3, 0.4) is 0 Å². The summed E-state index contributed by atoms with van der Waals surface area (Å²) in [5.41, 5.74) is 3.95. The molecule has 0 aliphatic heterocycles. The Morgan fingerprint density at radius 2 is 1.94 bits per heavy atom. The van der Waals surface area contributed by atoms with Gasteiger partial charge in [-0.1, -0.05) is 6.07 Å². The lowest BCUT2D eigenvalue weighted by atomic mass is 10.0. The van der Waals surface area contributed by atoms with Gasteiger partial charge in [-0.05, 0) is 76.1 Å². The third-order valence-corrected chi connectivity index (χ3v) is 7.95. The summed E-state index contributed by atoms with van der Waals surface area (Å²) in [5, 5.41) is 7.36. The van der Waals surface area contributed by atoms with Crippen molar-refractivity contribution in [2.45, 2.75) is 25.3 Å². The molecular formula is C25H23BrFN5O3S. The number of rotatable bonds is 7. The van der Waals surface area contributed by atoms with E-state index in [2.05, 4.69) is 31.3 Å². The summed E-state index contributed by atoms with van der Waals surface area (Å²) in [7, 11) is -2.19. The molecule has 0 unspecified atom stereocenters. The first-order chi connectivity index (χ1) is 17.2. The Hall–Kier alpha value is -3.31. The van der Waals surface area contributed by atoms with Crippen molar-refractivity contribution in [1.82, 2.24) is 19.9 Å². The Morgan fingerprint density at radius 1 is 1.22 bits per heavy atom. The number of amides is 1. The van der Waals surface area contributed by atoms with E-state index in [9.17, 15) is 17.6 Å². The van der Waals surface area contributed by atoms with Crippen LogP contribution < -0.4 is 9.62 Å². The van der Waals surface area contributed by atoms with Crippen LogP contribution >= 0.6 is 15.9 Å². The zero-order valence-electron chi connectivity index (χ0n) is 19.6. The molecule has 0 spiro atoms. The van der Waals surface area contributed by atoms with Crippen molar-refractivity contribution >= 4 is 43.1 Å². The van der Waals surface area contributed by atoms with Crippen molar-refractivity contribution in [2.24, 2.45) is 0 Å². The van der Waals surface area contributed by atoms with Crippen molar-refractivity contribution in [3.8, 4) is 11.3 Å². The van der Waals surface area contributed by atoms with Gasteiger partial charge < -0.3 is 5.32 Å². The highest BCUT2D eigenvalue weighted by Crippen LogP contribution is 2.46. The first kappa shape index (κ1) is 24.4. The van der Waals surface area contributed by atoms with Gasteiger partial charge in [0.1, 0.15) is 11.5 Å². The highest BCUT2D eigenvalue weighted by Gasteiger charge is 2.33. The van der Waals surface area contributed by atoms with Crippen LogP contribution in [0.4, 0.5) is 10.1 Å². The number of sulfonamides is 1. The molecule has 1 aromatic carbocycles. The topological polar surface area (TPSA) is 96.7 Å². The van der Waals surface area contributed by atoms with Gasteiger partial charge in [0.2, 0.25) is 10.0 Å². The van der Waals surface area contributed by atoms with Gasteiger partial charge in [-0.15, -0.1) is 0 Å². The molecule has 0 saturated heterocycles. The van der Waals surface area contributed by atoms with Gasteiger partial charge >= 0.3 is 0 Å². The molecule has 3 aromatic heterocycles. The largest absolute Gasteiger partial charge is 0.355 e. The molecule has 5 rings (SSSR count). The third-order valence-electron chi connectivity index (χ3n) is 6.18. The van der Waals surface area contributed by atoms with Gasteiger partial charge in [0.25, 0.3) is 5.91 Å². The lowest BCUT2D eigenvalue weighted by Gasteiger charge is -2.25. The van der Waals surface area contributed by atoms with Crippen molar-refractivity contribution in [3.63, 3.8) is 0 Å². The normalized spacial score (nSPS) is 13.7. The lowest BCUT2D eigenvalue weighted by molar-refractivity contribution is 0.0965. The number of hydrogen-bond acceptors (Lipinski definition) is 5. The molecule has 0 atom stereocenters. The number of nitrogens with zero attached hydrogens (tertiary/aromatic N) is 4. The average Bonchev–Trinajstić information content (AvgIpc) is 3.63. The monoisotopic (exact) mass is 571 g/mol. The first-order valence-electron chi connectivity index (χ1n) is 11.3. The fourth-order valence-corrected chi connectivity index (χ4v) is 5.41. The lowest BCUT2D eigenvalue weighted by Crippen LogP contribution is -2.30. The number of anilines is 1. The number of benzene rings is 1. The second-order valence-electron chi connectivity index (χ2n) is 8.77. The van der Waals surface area contributed by atoms with Crippen LogP contribution in [0.15, 0.2) is 59.5 Å². The van der Waals surface area contributed by atoms with Gasteiger partial charge in [-0.3, -0.25) is 14.1 Å². The summed E-state index contributed by atoms with van der Waals surface area (Å²) in [6.07, 6.45) is 7.84. The van der Waals surface area contributed by atoms with E-state index in [4.69, 9.17) is 0 Å². The van der Waals surface area contributed by atoms with Gasteiger partial charge in [-0.25, -0.2) is 17.3 Å². The minimum Gasteiger partial charge on any atom is -0.355 e. The molecule has 1 aliphatic rings. The molecule has 1 saturated carbocycles. The Labute approximate surface area is 216 Å². The van der Waals surface area contributed by atoms with Gasteiger partial charge in [0.05, 0.1) is 40.2 Å². The van der Waals surface area contributed by atoms with Gasteiger partial charge in [0, 0.05) is 25.0 Å². The molecule has 1 amide bonds. The van der Waals surface area contributed by atoms with E-state index in [1.54, 1.807) is 54.4 Å². The van der Waals surface area contributed by atoms with Crippen molar-refractivity contribution < 1.29 is 17.6 Å². The quantitative estimate of drug-likeness (QED) is 0.352. The van der Waals surface area contributed by atoms with Crippen LogP contribution in [0, 0.1) is 5.82 Å². The van der Waals surface area contributed by atoms with Crippen LogP contribution in [0.25, 0.3) is 16.8 Å². The van der Waals surface area contributed by atoms with Crippen LogP contribution in [-0.2, 0) is 16.6 Å². The van der Waals surface area contributed by atoms with E-state index in [-0.39, 0.29) is 18.4 Å². The molecule has 1 N–H and O–H groups in total. The Bertz CT molecular complexity index is 1590. The summed E-state index contributed by atoms with van der Waals surface area (Å²) in [6, 6.07) is 9.94. The fourth-order valence-electron chi connectivity index (χ4n) is 4.27. The number of nitrogens with one attached hydrogen (secondary N) is 1. The number of hydrogen-bond donors (Lipinski definition) is 1. The smallest absolute Gasteiger partial charge is 0.255 e. The maximum atomic E-state index is 14.2. The number of fused-ring (bicyclic) bond motifs is 1. The van der Waals surface area contributed by atoms with E-state index >= 15 is 0 Å². The number of aromatic nitrogens is 3. The zero-order valence-corrected chi connectivity index (χ0v) is 22.0. The van der Waals surface area contributed by atoms with Crippen molar-refractivity contribution in [1.29, 1.82) is 0 Å². The minimum atomic E-state index is -3.74. The van der Waals surface area contributed by atoms with Crippen LogP contribution in [0.5, 0.6) is 0 Å². The Morgan fingerprint density at radius 3 is 2.56 bits per heavy atom. The third kappa shape index (κ3) is 4.60. The molecule has 1 aliphatic carbocycles. The summed E-state index contributed by atoms with van der Waals surface area (Å²) >= 11 is 3.14. The summed E-state index contributed by atoms with van der Waals surface area (Å²) in [5.74, 6) is -0.604. The minimum absolute atomic E-state index is 0.0466. The Balaban J connectivity index is 1.72. The van der Waals surface area contributed by atoms with E-state index in [1.807, 2.05) is 6.07 Å². The van der Waals surface area contributed by atoms with Crippen molar-refractivity contribution in [3.05, 3.63) is 82.0 Å². The summed E-state index contributed by atoms with van der Waals surface area (Å²) < 4.78 is 43.3. The molecule has 186 valence electrons. The van der Waals surface area contributed by atoms with Gasteiger partial charge in [0.15, 0.2) is 0 Å². The van der Waals surface area contributed by atoms with Crippen molar-refractivity contribution in [2.75, 3.05) is 17.6 Å². The molecule has 1 fully saturated rings. The van der Waals surface area contributed by atoms with Gasteiger partial charge in [-0.2, -0.15) is 5.10 Å². The number of halogens is 2. The maximum absolute atomic E-state index is 14.2. The predicted octanol–water partition coefficient (Wildman–Crippen LogP) is 4.50. The maximum Gasteiger partial charge on any atom is 0.255 e. The highest BCUT2D eigenvalue weighted by atomic mass is 79.9. The van der Waals surface area contributed by atoms with E-state index in [0.29, 0.717) is 38.1 Å². The van der Waals surface area contributed by atoms with Crippen LogP contribution in [0.2, 0.25) is 0 Å². The second kappa shape index (κ2) is 9.29. The predicted molar refractivity (Wildman–Crippen MR) is 139 cm³/mol. The second-order valence-corrected chi connectivity index (χ2v) is 11.5. The molecule has 0 bridgehead atoms. The standard InChI is InChI=1S/C25H23BrFN5O3S/c1-28-25(33)23-21-12-18(16-4-5-16)22(14-31(21)30-24(23)17-7-9-29-10-8-17)32(36(2,34)35)13-15-3-6-19(26)20(27)11-15/h3,6-12,14,16H,4-5,13H2,1-2H3,(H,28,33). The molecule has 11 heteroatoms. The highest BCUT2D eigenvalue weighted by molar-refractivity contribution is 9.10. The molecule has 0 radical (unpaired) electrons. The number of pyridine rings is 2. The molecular weight excluding hydrogens is 549 g/mol. The molecule has 3 heterocycles. The first-order valence-corrected chi connectivity index (χ1v) is 13.9. The number of carbonyl (C=O) groups excluding carboxylic acids is 1. The summed E-state index contributed by atoms with van der Waals surface area (Å²) in [6.45, 7) is -0.0466. The molecule has 4 aromatic rings. The Kier molecular flexibility index (Phi) is 6.29. The SMILES string of the molecule is CNC(=O)c1c(-c2ccncc2)nn2cc(N(Cc3ccc(Br)c(F)c3)S(C)(=O)=O)c(C3CC3)cc12. The average molecular weight is 572 g/mol. The fraction of sp³-hybridized carbons (Fsp3) is 0.240. The molecule has 36 heavy (non-hydrogen) atoms. The van der Waals surface area contributed by atoms with E-state index < -0.39 is 15.8 Å². The van der Waals surface area contributed by atoms with E-state index in [0.717, 1.165) is 24.7 Å². The zero-order chi connectivity index (χ0) is 25.6. The molecule has 8 nitrogen and oxygen atoms in total. The van der Waals surface area contributed by atoms with Crippen LogP contribution in [0.1, 0.15) is 40.2 Å². The van der Waals surface area contributed by atoms with E-state index in [1.165, 1.54) is 10.4 Å².